The Kier molecular flexibility index (Phi) is 6.74. The summed E-state index contributed by atoms with van der Waals surface area (Å²) in [6.07, 6.45) is 25.0. The molecule has 0 saturated carbocycles. The highest BCUT2D eigenvalue weighted by molar-refractivity contribution is 5.05. The van der Waals surface area contributed by atoms with Gasteiger partial charge in [-0.3, -0.25) is 0 Å². The highest BCUT2D eigenvalue weighted by atomic mass is 13.9. The van der Waals surface area contributed by atoms with E-state index in [0.29, 0.717) is 0 Å². The van der Waals surface area contributed by atoms with Crippen molar-refractivity contribution in [3.8, 4) is 0 Å². The van der Waals surface area contributed by atoms with E-state index in [1.807, 2.05) is 0 Å². The molecular weight excluding hydrogens is 168 g/mol. The molecule has 0 nitrogen and oxygen atoms in total. The Balaban J connectivity index is 2.35. The Hall–Kier alpha value is -1.04. The second-order valence-corrected chi connectivity index (χ2v) is 3.55. The first-order valence-corrected chi connectivity index (χ1v) is 5.62. The van der Waals surface area contributed by atoms with E-state index in [0.717, 1.165) is 12.8 Å². The Morgan fingerprint density at radius 1 is 0.500 bits per heavy atom. The molecule has 0 atom stereocenters. The molecule has 0 saturated heterocycles. The molecule has 0 N–H and O–H groups in total. The van der Waals surface area contributed by atoms with E-state index in [1.54, 1.807) is 0 Å². The summed E-state index contributed by atoms with van der Waals surface area (Å²) in [5.74, 6) is 0. The molecule has 76 valence electrons. The third-order valence-electron chi connectivity index (χ3n) is 2.25. The van der Waals surface area contributed by atoms with E-state index in [4.69, 9.17) is 0 Å². The maximum Gasteiger partial charge on any atom is -0.0166 e. The summed E-state index contributed by atoms with van der Waals surface area (Å²) in [7, 11) is 0. The average Bonchev–Trinajstić information content (AvgIpc) is 2.22. The summed E-state index contributed by atoms with van der Waals surface area (Å²) < 4.78 is 0. The molecule has 1 aliphatic rings. The van der Waals surface area contributed by atoms with Gasteiger partial charge in [0.25, 0.3) is 0 Å². The number of hydrogen-bond donors (Lipinski definition) is 0. The molecule has 0 aromatic rings. The molecule has 1 rings (SSSR count). The van der Waals surface area contributed by atoms with E-state index in [9.17, 15) is 0 Å². The fourth-order valence-corrected chi connectivity index (χ4v) is 1.42. The molecule has 0 aromatic heterocycles. The first-order valence-electron chi connectivity index (χ1n) is 5.62. The fourth-order valence-electron chi connectivity index (χ4n) is 1.42. The van der Waals surface area contributed by atoms with Gasteiger partial charge < -0.3 is 0 Å². The van der Waals surface area contributed by atoms with Crippen LogP contribution in [0.2, 0.25) is 0 Å². The molecule has 0 aliphatic heterocycles. The summed E-state index contributed by atoms with van der Waals surface area (Å²) in [5, 5.41) is 0. The monoisotopic (exact) mass is 188 g/mol. The lowest BCUT2D eigenvalue weighted by atomic mass is 10.1. The van der Waals surface area contributed by atoms with Crippen LogP contribution in [0, 0.1) is 0 Å². The van der Waals surface area contributed by atoms with Crippen LogP contribution >= 0.6 is 0 Å². The highest BCUT2D eigenvalue weighted by Gasteiger charge is 1.83. The third-order valence-corrected chi connectivity index (χ3v) is 2.25. The van der Waals surface area contributed by atoms with Gasteiger partial charge in [-0.1, -0.05) is 48.6 Å². The van der Waals surface area contributed by atoms with Gasteiger partial charge in [0.15, 0.2) is 0 Å². The summed E-state index contributed by atoms with van der Waals surface area (Å²) in [5.41, 5.74) is 0. The van der Waals surface area contributed by atoms with E-state index in [-0.39, 0.29) is 0 Å². The standard InChI is InChI=1S/C14H20/c1-2-4-6-8-10-12-14-13-11-9-7-5-3-1/h1-4,7,9,13-14H,5-6,8,10-12H2/b3-1?,4-2?,9-7-,14-13-. The van der Waals surface area contributed by atoms with Gasteiger partial charge in [-0.2, -0.15) is 0 Å². The van der Waals surface area contributed by atoms with Crippen LogP contribution in [0.15, 0.2) is 48.6 Å². The Bertz CT molecular complexity index is 228. The molecule has 0 amide bonds. The van der Waals surface area contributed by atoms with Gasteiger partial charge >= 0.3 is 0 Å². The minimum atomic E-state index is 1.05. The highest BCUT2D eigenvalue weighted by Crippen LogP contribution is 2.03. The molecule has 0 unspecified atom stereocenters. The van der Waals surface area contributed by atoms with Crippen molar-refractivity contribution in [1.29, 1.82) is 0 Å². The number of hydrogen-bond acceptors (Lipinski definition) is 0. The zero-order chi connectivity index (χ0) is 9.90. The zero-order valence-electron chi connectivity index (χ0n) is 8.86. The summed E-state index contributed by atoms with van der Waals surface area (Å²) >= 11 is 0. The molecule has 0 bridgehead atoms. The SMILES string of the molecule is C1=CC/C=C\C/C=C\CCCCC=C1. The molecule has 1 aliphatic carbocycles. The summed E-state index contributed by atoms with van der Waals surface area (Å²) in [6, 6.07) is 0. The van der Waals surface area contributed by atoms with Crippen LogP contribution in [0.25, 0.3) is 0 Å². The largest absolute Gasteiger partial charge is 0.0882 e. The van der Waals surface area contributed by atoms with Gasteiger partial charge in [-0.05, 0) is 38.5 Å². The molecule has 0 fully saturated rings. The molecule has 0 aromatic carbocycles. The maximum absolute atomic E-state index is 2.30. The van der Waals surface area contributed by atoms with Crippen molar-refractivity contribution >= 4 is 0 Å². The van der Waals surface area contributed by atoms with Crippen molar-refractivity contribution in [2.45, 2.75) is 38.5 Å². The lowest BCUT2D eigenvalue weighted by Crippen LogP contribution is -1.72. The molecule has 0 radical (unpaired) electrons. The van der Waals surface area contributed by atoms with E-state index in [2.05, 4.69) is 48.6 Å². The fraction of sp³-hybridized carbons (Fsp3) is 0.429. The number of allylic oxidation sites excluding steroid dienone is 8. The lowest BCUT2D eigenvalue weighted by molar-refractivity contribution is 0.761. The zero-order valence-corrected chi connectivity index (χ0v) is 8.86. The lowest BCUT2D eigenvalue weighted by Gasteiger charge is -1.93. The van der Waals surface area contributed by atoms with E-state index in [1.165, 1.54) is 25.7 Å². The minimum Gasteiger partial charge on any atom is -0.0882 e. The Morgan fingerprint density at radius 3 is 1.93 bits per heavy atom. The van der Waals surface area contributed by atoms with Crippen LogP contribution < -0.4 is 0 Å². The van der Waals surface area contributed by atoms with Crippen molar-refractivity contribution in [1.82, 2.24) is 0 Å². The van der Waals surface area contributed by atoms with E-state index < -0.39 is 0 Å². The molecule has 14 heavy (non-hydrogen) atoms. The number of rotatable bonds is 0. The summed E-state index contributed by atoms with van der Waals surface area (Å²) in [4.78, 5) is 0. The van der Waals surface area contributed by atoms with Gasteiger partial charge in [0.1, 0.15) is 0 Å². The quantitative estimate of drug-likeness (QED) is 0.489. The van der Waals surface area contributed by atoms with Gasteiger partial charge in [0.05, 0.1) is 0 Å². The normalized spacial score (nSPS) is 24.0. The summed E-state index contributed by atoms with van der Waals surface area (Å²) in [6.45, 7) is 0. The topological polar surface area (TPSA) is 0 Å². The van der Waals surface area contributed by atoms with Crippen molar-refractivity contribution in [2.24, 2.45) is 0 Å². The molecule has 0 heteroatoms. The Labute approximate surface area is 87.7 Å². The molecule has 0 heterocycles. The van der Waals surface area contributed by atoms with Crippen LogP contribution in [0.4, 0.5) is 0 Å². The first-order chi connectivity index (χ1) is 7.00. The molecule has 0 spiro atoms. The second kappa shape index (κ2) is 8.55. The molecular formula is C14H20. The Morgan fingerprint density at radius 2 is 1.07 bits per heavy atom. The van der Waals surface area contributed by atoms with Gasteiger partial charge in [-0.15, -0.1) is 0 Å². The second-order valence-electron chi connectivity index (χ2n) is 3.55. The predicted octanol–water partition coefficient (Wildman–Crippen LogP) is 4.57. The average molecular weight is 188 g/mol. The van der Waals surface area contributed by atoms with Crippen molar-refractivity contribution in [2.75, 3.05) is 0 Å². The third kappa shape index (κ3) is 6.47. The minimum absolute atomic E-state index is 1.05. The predicted molar refractivity (Wildman–Crippen MR) is 64.3 cm³/mol. The smallest absolute Gasteiger partial charge is 0.0166 e. The van der Waals surface area contributed by atoms with Crippen molar-refractivity contribution in [3.63, 3.8) is 0 Å². The maximum atomic E-state index is 2.30. The van der Waals surface area contributed by atoms with Crippen molar-refractivity contribution in [3.05, 3.63) is 48.6 Å². The first kappa shape index (κ1) is 11.0. The van der Waals surface area contributed by atoms with Gasteiger partial charge in [0, 0.05) is 0 Å². The van der Waals surface area contributed by atoms with Gasteiger partial charge in [-0.25, -0.2) is 0 Å². The van der Waals surface area contributed by atoms with Crippen LogP contribution in [-0.2, 0) is 0 Å². The van der Waals surface area contributed by atoms with Crippen LogP contribution in [0.5, 0.6) is 0 Å². The van der Waals surface area contributed by atoms with Crippen LogP contribution in [0.3, 0.4) is 0 Å². The van der Waals surface area contributed by atoms with Crippen LogP contribution in [-0.4, -0.2) is 0 Å². The van der Waals surface area contributed by atoms with Gasteiger partial charge in [0.2, 0.25) is 0 Å². The van der Waals surface area contributed by atoms with Crippen molar-refractivity contribution < 1.29 is 0 Å². The van der Waals surface area contributed by atoms with E-state index >= 15 is 0 Å². The van der Waals surface area contributed by atoms with Crippen LogP contribution in [0.1, 0.15) is 38.5 Å².